The van der Waals surface area contributed by atoms with Crippen LogP contribution >= 0.6 is 0 Å². The maximum atomic E-state index is 12.9. The van der Waals surface area contributed by atoms with E-state index in [1.54, 1.807) is 11.1 Å². The van der Waals surface area contributed by atoms with E-state index in [2.05, 4.69) is 14.7 Å². The highest BCUT2D eigenvalue weighted by atomic mass is 19.4. The number of hydrogen-bond acceptors (Lipinski definition) is 5. The molecular formula is C25H27F3N4O3. The molecule has 7 nitrogen and oxygen atoms in total. The minimum absolute atomic E-state index is 0.205. The molecule has 3 heterocycles. The van der Waals surface area contributed by atoms with Crippen molar-refractivity contribution in [2.24, 2.45) is 0 Å². The molecule has 0 radical (unpaired) electrons. The van der Waals surface area contributed by atoms with Gasteiger partial charge in [-0.1, -0.05) is 0 Å². The number of aliphatic hydroxyl groups is 1. The van der Waals surface area contributed by atoms with Crippen LogP contribution in [-0.4, -0.2) is 56.4 Å². The zero-order valence-electron chi connectivity index (χ0n) is 19.1. The molecule has 186 valence electrons. The first-order valence-corrected chi connectivity index (χ1v) is 11.9. The fourth-order valence-corrected chi connectivity index (χ4v) is 5.19. The summed E-state index contributed by atoms with van der Waals surface area (Å²) < 4.78 is 41.0. The van der Waals surface area contributed by atoms with Crippen LogP contribution in [0.25, 0.3) is 11.2 Å². The normalized spacial score (nSPS) is 21.9. The zero-order chi connectivity index (χ0) is 24.6. The number of aliphatic hydroxyl groups excluding tert-OH is 1. The second-order valence-electron chi connectivity index (χ2n) is 9.36. The van der Waals surface area contributed by atoms with E-state index in [1.807, 2.05) is 6.07 Å². The van der Waals surface area contributed by atoms with Crippen LogP contribution in [0.3, 0.4) is 0 Å². The number of carbonyl (C=O) groups excluding carboxylic acids is 1. The summed E-state index contributed by atoms with van der Waals surface area (Å²) in [5.41, 5.74) is 3.09. The highest BCUT2D eigenvalue weighted by Gasteiger charge is 2.32. The predicted molar refractivity (Wildman–Crippen MR) is 122 cm³/mol. The van der Waals surface area contributed by atoms with Gasteiger partial charge in [0, 0.05) is 30.8 Å². The lowest BCUT2D eigenvalue weighted by molar-refractivity contribution is -0.274. The highest BCUT2D eigenvalue weighted by molar-refractivity contribution is 5.94. The van der Waals surface area contributed by atoms with Gasteiger partial charge < -0.3 is 19.7 Å². The zero-order valence-corrected chi connectivity index (χ0v) is 19.1. The number of nitrogens with one attached hydrogen (secondary N) is 1. The van der Waals surface area contributed by atoms with Crippen molar-refractivity contribution < 1.29 is 27.8 Å². The number of piperidine rings is 1. The molecule has 1 aliphatic carbocycles. The number of alkyl halides is 3. The molecular weight excluding hydrogens is 461 g/mol. The quantitative estimate of drug-likeness (QED) is 0.546. The maximum Gasteiger partial charge on any atom is 0.573 e. The molecule has 10 heteroatoms. The van der Waals surface area contributed by atoms with Gasteiger partial charge in [0.25, 0.3) is 5.91 Å². The summed E-state index contributed by atoms with van der Waals surface area (Å²) in [6.07, 6.45) is 1.70. The van der Waals surface area contributed by atoms with Crippen molar-refractivity contribution in [3.8, 4) is 5.75 Å². The summed E-state index contributed by atoms with van der Waals surface area (Å²) in [6, 6.07) is 7.03. The molecule has 0 spiro atoms. The largest absolute Gasteiger partial charge is 0.573 e. The molecule has 35 heavy (non-hydrogen) atoms. The Morgan fingerprint density at radius 3 is 2.34 bits per heavy atom. The number of likely N-dealkylation sites (tertiary alicyclic amines) is 1. The molecule has 1 saturated carbocycles. The van der Waals surface area contributed by atoms with Crippen molar-refractivity contribution >= 4 is 17.1 Å². The van der Waals surface area contributed by atoms with E-state index in [0.717, 1.165) is 73.2 Å². The number of nitrogens with zero attached hydrogens (tertiary/aromatic N) is 3. The summed E-state index contributed by atoms with van der Waals surface area (Å²) in [4.78, 5) is 27.3. The number of aromatic amines is 1. The van der Waals surface area contributed by atoms with Gasteiger partial charge in [-0.15, -0.1) is 13.2 Å². The number of amides is 1. The molecule has 0 unspecified atom stereocenters. The van der Waals surface area contributed by atoms with Gasteiger partial charge >= 0.3 is 6.36 Å². The number of aromatic nitrogens is 3. The third-order valence-corrected chi connectivity index (χ3v) is 7.07. The van der Waals surface area contributed by atoms with E-state index >= 15 is 0 Å². The lowest BCUT2D eigenvalue weighted by Crippen LogP contribution is -2.38. The molecule has 1 aromatic carbocycles. The number of H-pyrrole nitrogens is 1. The van der Waals surface area contributed by atoms with E-state index in [9.17, 15) is 23.1 Å². The topological polar surface area (TPSA) is 91.3 Å². The first-order valence-electron chi connectivity index (χ1n) is 11.9. The van der Waals surface area contributed by atoms with Crippen LogP contribution in [0.15, 0.2) is 36.5 Å². The minimum atomic E-state index is -4.76. The average Bonchev–Trinajstić information content (AvgIpc) is 3.28. The van der Waals surface area contributed by atoms with Crippen molar-refractivity contribution in [3.05, 3.63) is 53.5 Å². The number of imidazole rings is 1. The Balaban J connectivity index is 1.24. The van der Waals surface area contributed by atoms with Crippen molar-refractivity contribution in [2.75, 3.05) is 13.1 Å². The maximum absolute atomic E-state index is 12.9. The van der Waals surface area contributed by atoms with E-state index < -0.39 is 6.36 Å². The van der Waals surface area contributed by atoms with Crippen molar-refractivity contribution in [2.45, 2.75) is 62.8 Å². The van der Waals surface area contributed by atoms with E-state index in [-0.39, 0.29) is 23.7 Å². The van der Waals surface area contributed by atoms with Crippen LogP contribution in [0.4, 0.5) is 13.2 Å². The molecule has 2 fully saturated rings. The predicted octanol–water partition coefficient (Wildman–Crippen LogP) is 4.89. The molecule has 2 aliphatic rings. The summed E-state index contributed by atoms with van der Waals surface area (Å²) in [5, 5.41) is 9.80. The number of carbonyl (C=O) groups is 1. The van der Waals surface area contributed by atoms with E-state index in [1.165, 1.54) is 12.1 Å². The van der Waals surface area contributed by atoms with Crippen LogP contribution in [0.5, 0.6) is 5.75 Å². The molecule has 2 aromatic heterocycles. The Bertz CT molecular complexity index is 1180. The van der Waals surface area contributed by atoms with Crippen LogP contribution in [0.2, 0.25) is 0 Å². The van der Waals surface area contributed by atoms with Gasteiger partial charge in [-0.2, -0.15) is 0 Å². The molecule has 3 aromatic rings. The lowest BCUT2D eigenvalue weighted by Gasteiger charge is -2.32. The van der Waals surface area contributed by atoms with Crippen molar-refractivity contribution in [1.82, 2.24) is 19.9 Å². The van der Waals surface area contributed by atoms with Gasteiger partial charge in [-0.05, 0) is 80.3 Å². The third kappa shape index (κ3) is 5.27. The Morgan fingerprint density at radius 1 is 1.00 bits per heavy atom. The monoisotopic (exact) mass is 488 g/mol. The van der Waals surface area contributed by atoms with E-state index in [0.29, 0.717) is 24.6 Å². The number of ether oxygens (including phenoxy) is 1. The summed E-state index contributed by atoms with van der Waals surface area (Å²) in [6.45, 7) is 1.10. The first kappa shape index (κ1) is 23.6. The van der Waals surface area contributed by atoms with Crippen LogP contribution < -0.4 is 4.74 Å². The summed E-state index contributed by atoms with van der Waals surface area (Å²) in [7, 11) is 0. The Hall–Kier alpha value is -3.14. The smallest absolute Gasteiger partial charge is 0.406 e. The van der Waals surface area contributed by atoms with Crippen molar-refractivity contribution in [1.29, 1.82) is 0 Å². The average molecular weight is 489 g/mol. The Morgan fingerprint density at radius 2 is 1.69 bits per heavy atom. The number of hydrogen-bond donors (Lipinski definition) is 2. The molecule has 2 N–H and O–H groups in total. The summed E-state index contributed by atoms with van der Waals surface area (Å²) in [5.74, 6) is 0.905. The fourth-order valence-electron chi connectivity index (χ4n) is 5.19. The van der Waals surface area contributed by atoms with E-state index in [4.69, 9.17) is 4.98 Å². The molecule has 5 rings (SSSR count). The molecule has 0 atom stereocenters. The highest BCUT2D eigenvalue weighted by Crippen LogP contribution is 2.36. The molecule has 0 bridgehead atoms. The molecule has 1 amide bonds. The van der Waals surface area contributed by atoms with Gasteiger partial charge in [-0.3, -0.25) is 4.79 Å². The number of benzene rings is 1. The standard InChI is InChI=1S/C25H27F3N4O3/c26-25(27,28)35-19-7-3-17(4-8-19)24(34)32-13-10-15(11-14-32)20-9-12-29-23-21(20)30-22(31-23)16-1-5-18(33)6-2-16/h3-4,7-9,12,15-16,18,33H,1-2,5-6,10-11,13-14H2,(H,29,30,31)/t16-,18+. The van der Waals surface area contributed by atoms with Gasteiger partial charge in [-0.25, -0.2) is 9.97 Å². The van der Waals surface area contributed by atoms with Crippen LogP contribution in [0.1, 0.15) is 72.1 Å². The lowest BCUT2D eigenvalue weighted by atomic mass is 9.87. The minimum Gasteiger partial charge on any atom is -0.406 e. The second-order valence-corrected chi connectivity index (χ2v) is 9.36. The number of halogens is 3. The third-order valence-electron chi connectivity index (χ3n) is 7.07. The van der Waals surface area contributed by atoms with Gasteiger partial charge in [0.05, 0.1) is 6.10 Å². The fraction of sp³-hybridized carbons (Fsp3) is 0.480. The SMILES string of the molecule is O=C(c1ccc(OC(F)(F)F)cc1)N1CCC(c2ccnc3[nH]c([C@H]4CC[C@@H](O)CC4)nc23)CC1. The van der Waals surface area contributed by atoms with Crippen LogP contribution in [0, 0.1) is 0 Å². The Labute approximate surface area is 200 Å². The van der Waals surface area contributed by atoms with Gasteiger partial charge in [0.1, 0.15) is 17.1 Å². The second kappa shape index (κ2) is 9.49. The number of pyridine rings is 1. The van der Waals surface area contributed by atoms with Gasteiger partial charge in [0.2, 0.25) is 0 Å². The first-order chi connectivity index (χ1) is 16.8. The molecule has 1 aliphatic heterocycles. The Kier molecular flexibility index (Phi) is 6.39. The van der Waals surface area contributed by atoms with Crippen molar-refractivity contribution in [3.63, 3.8) is 0 Å². The number of fused-ring (bicyclic) bond motifs is 1. The van der Waals surface area contributed by atoms with Gasteiger partial charge in [0.15, 0.2) is 5.65 Å². The summed E-state index contributed by atoms with van der Waals surface area (Å²) >= 11 is 0. The van der Waals surface area contributed by atoms with Crippen LogP contribution in [-0.2, 0) is 0 Å². The number of rotatable bonds is 4. The molecule has 1 saturated heterocycles.